The quantitative estimate of drug-likeness (QED) is 0.764. The van der Waals surface area contributed by atoms with Crippen LogP contribution in [0.2, 0.25) is 0 Å². The molecule has 1 rings (SSSR count). The van der Waals surface area contributed by atoms with Crippen LogP contribution in [-0.2, 0) is 22.6 Å². The Morgan fingerprint density at radius 3 is 2.79 bits per heavy atom. The molecule has 0 atom stereocenters. The van der Waals surface area contributed by atoms with E-state index in [9.17, 15) is 9.18 Å². The molecule has 0 fully saturated rings. The van der Waals surface area contributed by atoms with Crippen LogP contribution in [0.5, 0.6) is 0 Å². The summed E-state index contributed by atoms with van der Waals surface area (Å²) in [5.41, 5.74) is 6.99. The molecular formula is C14H21FN2O2. The maximum atomic E-state index is 13.3. The Labute approximate surface area is 113 Å². The van der Waals surface area contributed by atoms with E-state index in [1.54, 1.807) is 12.1 Å². The summed E-state index contributed by atoms with van der Waals surface area (Å²) in [5.74, 6) is -0.496. The minimum absolute atomic E-state index is 0.188. The van der Waals surface area contributed by atoms with Crippen molar-refractivity contribution in [3.05, 3.63) is 35.1 Å². The fourth-order valence-corrected chi connectivity index (χ4v) is 1.84. The van der Waals surface area contributed by atoms with Gasteiger partial charge in [-0.2, -0.15) is 0 Å². The minimum Gasteiger partial charge on any atom is -0.469 e. The molecule has 0 saturated carbocycles. The number of benzene rings is 1. The van der Waals surface area contributed by atoms with Crippen molar-refractivity contribution in [2.75, 3.05) is 20.2 Å². The molecular weight excluding hydrogens is 247 g/mol. The van der Waals surface area contributed by atoms with Crippen LogP contribution in [0.1, 0.15) is 24.5 Å². The number of nitrogens with two attached hydrogens (primary N) is 1. The Hall–Kier alpha value is -1.46. The number of methoxy groups -OCH3 is 1. The summed E-state index contributed by atoms with van der Waals surface area (Å²) in [6, 6.07) is 4.96. The number of nitrogens with zero attached hydrogens (tertiary/aromatic N) is 1. The number of hydrogen-bond donors (Lipinski definition) is 1. The third-order valence-corrected chi connectivity index (χ3v) is 3.04. The molecule has 2 N–H and O–H groups in total. The molecule has 5 heteroatoms. The Balaban J connectivity index is 2.62. The van der Waals surface area contributed by atoms with E-state index in [0.717, 1.165) is 12.1 Å². The molecule has 0 heterocycles. The van der Waals surface area contributed by atoms with Gasteiger partial charge in [0.05, 0.1) is 13.5 Å². The van der Waals surface area contributed by atoms with Crippen LogP contribution >= 0.6 is 0 Å². The van der Waals surface area contributed by atoms with Crippen LogP contribution in [0, 0.1) is 5.82 Å². The monoisotopic (exact) mass is 268 g/mol. The Morgan fingerprint density at radius 2 is 2.21 bits per heavy atom. The van der Waals surface area contributed by atoms with Gasteiger partial charge in [-0.3, -0.25) is 9.69 Å². The fraction of sp³-hybridized carbons (Fsp3) is 0.500. The molecule has 0 unspecified atom stereocenters. The molecule has 0 aliphatic heterocycles. The topological polar surface area (TPSA) is 55.6 Å². The van der Waals surface area contributed by atoms with Gasteiger partial charge in [-0.1, -0.05) is 19.1 Å². The lowest BCUT2D eigenvalue weighted by atomic mass is 10.1. The first-order valence-corrected chi connectivity index (χ1v) is 6.37. The van der Waals surface area contributed by atoms with Crippen molar-refractivity contribution in [1.29, 1.82) is 0 Å². The number of rotatable bonds is 7. The van der Waals surface area contributed by atoms with E-state index in [0.29, 0.717) is 25.1 Å². The largest absolute Gasteiger partial charge is 0.469 e. The molecule has 0 spiro atoms. The standard InChI is InChI=1S/C14H21FN2O2/c1-3-17(7-6-14(18)19-2)10-11-4-5-13(15)12(8-11)9-16/h4-5,8H,3,6-7,9-10,16H2,1-2H3. The zero-order valence-corrected chi connectivity index (χ0v) is 11.5. The van der Waals surface area contributed by atoms with Crippen LogP contribution in [-0.4, -0.2) is 31.1 Å². The van der Waals surface area contributed by atoms with Crippen molar-refractivity contribution >= 4 is 5.97 Å². The van der Waals surface area contributed by atoms with Crippen molar-refractivity contribution in [3.8, 4) is 0 Å². The van der Waals surface area contributed by atoms with Gasteiger partial charge in [-0.05, 0) is 18.2 Å². The van der Waals surface area contributed by atoms with Crippen molar-refractivity contribution in [1.82, 2.24) is 4.90 Å². The molecule has 0 aliphatic rings. The zero-order valence-electron chi connectivity index (χ0n) is 11.5. The van der Waals surface area contributed by atoms with E-state index in [4.69, 9.17) is 5.73 Å². The van der Waals surface area contributed by atoms with Crippen molar-refractivity contribution in [3.63, 3.8) is 0 Å². The van der Waals surface area contributed by atoms with Crippen molar-refractivity contribution in [2.24, 2.45) is 5.73 Å². The lowest BCUT2D eigenvalue weighted by Crippen LogP contribution is -2.26. The van der Waals surface area contributed by atoms with Crippen LogP contribution in [0.25, 0.3) is 0 Å². The second-order valence-corrected chi connectivity index (χ2v) is 4.32. The van der Waals surface area contributed by atoms with Gasteiger partial charge in [0.2, 0.25) is 0 Å². The third kappa shape index (κ3) is 4.96. The number of carbonyl (C=O) groups is 1. The summed E-state index contributed by atoms with van der Waals surface area (Å²) in [4.78, 5) is 13.2. The number of esters is 1. The smallest absolute Gasteiger partial charge is 0.306 e. The summed E-state index contributed by atoms with van der Waals surface area (Å²) < 4.78 is 18.0. The Kier molecular flexibility index (Phi) is 6.45. The van der Waals surface area contributed by atoms with E-state index in [1.165, 1.54) is 13.2 Å². The van der Waals surface area contributed by atoms with Gasteiger partial charge in [0.1, 0.15) is 5.82 Å². The zero-order chi connectivity index (χ0) is 14.3. The maximum absolute atomic E-state index is 13.3. The number of hydrogen-bond acceptors (Lipinski definition) is 4. The highest BCUT2D eigenvalue weighted by Crippen LogP contribution is 2.12. The van der Waals surface area contributed by atoms with E-state index in [-0.39, 0.29) is 18.3 Å². The minimum atomic E-state index is -0.274. The van der Waals surface area contributed by atoms with Gasteiger partial charge in [-0.15, -0.1) is 0 Å². The lowest BCUT2D eigenvalue weighted by molar-refractivity contribution is -0.141. The molecule has 0 bridgehead atoms. The van der Waals surface area contributed by atoms with Gasteiger partial charge >= 0.3 is 5.97 Å². The predicted molar refractivity (Wildman–Crippen MR) is 71.9 cm³/mol. The van der Waals surface area contributed by atoms with Crippen molar-refractivity contribution in [2.45, 2.75) is 26.4 Å². The summed E-state index contributed by atoms with van der Waals surface area (Å²) in [6.07, 6.45) is 0.356. The van der Waals surface area contributed by atoms with E-state index >= 15 is 0 Å². The van der Waals surface area contributed by atoms with Crippen molar-refractivity contribution < 1.29 is 13.9 Å². The normalized spacial score (nSPS) is 10.8. The van der Waals surface area contributed by atoms with Crippen LogP contribution in [0.3, 0.4) is 0 Å². The van der Waals surface area contributed by atoms with Gasteiger partial charge in [-0.25, -0.2) is 4.39 Å². The maximum Gasteiger partial charge on any atom is 0.306 e. The first-order valence-electron chi connectivity index (χ1n) is 6.37. The molecule has 1 aromatic carbocycles. The van der Waals surface area contributed by atoms with Gasteiger partial charge in [0.15, 0.2) is 0 Å². The predicted octanol–water partition coefficient (Wildman–Crippen LogP) is 1.67. The lowest BCUT2D eigenvalue weighted by Gasteiger charge is -2.20. The van der Waals surface area contributed by atoms with Crippen LogP contribution in [0.15, 0.2) is 18.2 Å². The summed E-state index contributed by atoms with van der Waals surface area (Å²) in [7, 11) is 1.38. The highest BCUT2D eigenvalue weighted by atomic mass is 19.1. The average molecular weight is 268 g/mol. The molecule has 0 aromatic heterocycles. The second kappa shape index (κ2) is 7.86. The van der Waals surface area contributed by atoms with Gasteiger partial charge in [0, 0.05) is 25.2 Å². The van der Waals surface area contributed by atoms with E-state index < -0.39 is 0 Å². The van der Waals surface area contributed by atoms with Crippen LogP contribution in [0.4, 0.5) is 4.39 Å². The summed E-state index contributed by atoms with van der Waals surface area (Å²) >= 11 is 0. The first-order chi connectivity index (χ1) is 9.10. The first kappa shape index (κ1) is 15.6. The highest BCUT2D eigenvalue weighted by molar-refractivity contribution is 5.69. The van der Waals surface area contributed by atoms with E-state index in [1.807, 2.05) is 6.92 Å². The average Bonchev–Trinajstić information content (AvgIpc) is 2.44. The van der Waals surface area contributed by atoms with E-state index in [2.05, 4.69) is 9.64 Å². The SMILES string of the molecule is CCN(CCC(=O)OC)Cc1ccc(F)c(CN)c1. The number of halogens is 1. The highest BCUT2D eigenvalue weighted by Gasteiger charge is 2.09. The van der Waals surface area contributed by atoms with Gasteiger partial charge < -0.3 is 10.5 Å². The Morgan fingerprint density at radius 1 is 1.47 bits per heavy atom. The number of carbonyl (C=O) groups excluding carboxylic acids is 1. The Bertz CT molecular complexity index is 424. The molecule has 0 amide bonds. The fourth-order valence-electron chi connectivity index (χ4n) is 1.84. The molecule has 19 heavy (non-hydrogen) atoms. The summed E-state index contributed by atoms with van der Waals surface area (Å²) in [5, 5.41) is 0. The third-order valence-electron chi connectivity index (χ3n) is 3.04. The molecule has 106 valence electrons. The molecule has 0 aliphatic carbocycles. The molecule has 1 aromatic rings. The van der Waals surface area contributed by atoms with Gasteiger partial charge in [0.25, 0.3) is 0 Å². The molecule has 4 nitrogen and oxygen atoms in total. The molecule has 0 saturated heterocycles. The second-order valence-electron chi connectivity index (χ2n) is 4.32. The molecule has 0 radical (unpaired) electrons. The van der Waals surface area contributed by atoms with Crippen LogP contribution < -0.4 is 5.73 Å². The number of ether oxygens (including phenoxy) is 1. The summed E-state index contributed by atoms with van der Waals surface area (Å²) in [6.45, 7) is 4.31.